The quantitative estimate of drug-likeness (QED) is 0.622. The second kappa shape index (κ2) is 5.33. The summed E-state index contributed by atoms with van der Waals surface area (Å²) in [7, 11) is 1.64. The zero-order valence-electron chi connectivity index (χ0n) is 8.34. The van der Waals surface area contributed by atoms with Crippen LogP contribution in [-0.2, 0) is 4.74 Å². The van der Waals surface area contributed by atoms with Crippen LogP contribution in [0.25, 0.3) is 0 Å². The Morgan fingerprint density at radius 2 is 2.25 bits per heavy atom. The van der Waals surface area contributed by atoms with Crippen LogP contribution in [0.3, 0.4) is 0 Å². The second-order valence-corrected chi connectivity index (χ2v) is 3.27. The van der Waals surface area contributed by atoms with Crippen molar-refractivity contribution in [2.45, 2.75) is 44.8 Å². The van der Waals surface area contributed by atoms with E-state index >= 15 is 0 Å². The molecule has 0 aliphatic rings. The normalized spacial score (nSPS) is 18.3. The monoisotopic (exact) mass is 172 g/mol. The molecule has 2 nitrogen and oxygen atoms in total. The van der Waals surface area contributed by atoms with E-state index in [1.165, 1.54) is 0 Å². The lowest BCUT2D eigenvalue weighted by atomic mass is 9.91. The van der Waals surface area contributed by atoms with Crippen LogP contribution < -0.4 is 0 Å². The number of aliphatic hydroxyl groups is 1. The number of aliphatic hydroxyl groups excluding tert-OH is 1. The van der Waals surface area contributed by atoms with Gasteiger partial charge in [0.05, 0.1) is 11.7 Å². The molecule has 0 spiro atoms. The summed E-state index contributed by atoms with van der Waals surface area (Å²) < 4.78 is 5.29. The van der Waals surface area contributed by atoms with Crippen molar-refractivity contribution < 1.29 is 9.84 Å². The van der Waals surface area contributed by atoms with Gasteiger partial charge in [-0.1, -0.05) is 13.0 Å². The molecule has 0 radical (unpaired) electrons. The average Bonchev–Trinajstić information content (AvgIpc) is 2.12. The molecule has 0 aliphatic carbocycles. The first-order chi connectivity index (χ1) is 5.60. The third kappa shape index (κ3) is 2.95. The van der Waals surface area contributed by atoms with Crippen LogP contribution in [-0.4, -0.2) is 23.9 Å². The highest BCUT2D eigenvalue weighted by molar-refractivity contribution is 4.85. The molecule has 0 amide bonds. The van der Waals surface area contributed by atoms with Gasteiger partial charge in [-0.05, 0) is 26.2 Å². The molecule has 12 heavy (non-hydrogen) atoms. The topological polar surface area (TPSA) is 29.5 Å². The number of ether oxygens (including phenoxy) is 1. The van der Waals surface area contributed by atoms with Crippen LogP contribution >= 0.6 is 0 Å². The third-order valence-corrected chi connectivity index (χ3v) is 2.40. The van der Waals surface area contributed by atoms with Crippen molar-refractivity contribution in [3.05, 3.63) is 12.7 Å². The summed E-state index contributed by atoms with van der Waals surface area (Å²) in [4.78, 5) is 0. The molecule has 0 aromatic rings. The van der Waals surface area contributed by atoms with Gasteiger partial charge in [-0.3, -0.25) is 0 Å². The fourth-order valence-electron chi connectivity index (χ4n) is 1.23. The Morgan fingerprint density at radius 3 is 2.58 bits per heavy atom. The molecule has 2 heteroatoms. The van der Waals surface area contributed by atoms with Gasteiger partial charge in [0, 0.05) is 7.11 Å². The molecule has 0 aromatic carbocycles. The largest absolute Gasteiger partial charge is 0.390 e. The Labute approximate surface area is 75.2 Å². The maximum Gasteiger partial charge on any atom is 0.0911 e. The van der Waals surface area contributed by atoms with Crippen molar-refractivity contribution >= 4 is 0 Å². The minimum Gasteiger partial charge on any atom is -0.390 e. The molecule has 72 valence electrons. The first-order valence-corrected chi connectivity index (χ1v) is 4.44. The predicted octanol–water partition coefficient (Wildman–Crippen LogP) is 2.13. The van der Waals surface area contributed by atoms with Gasteiger partial charge in [-0.15, -0.1) is 6.58 Å². The van der Waals surface area contributed by atoms with E-state index in [4.69, 9.17) is 4.74 Å². The van der Waals surface area contributed by atoms with E-state index < -0.39 is 5.60 Å². The highest BCUT2D eigenvalue weighted by Gasteiger charge is 2.30. The van der Waals surface area contributed by atoms with Crippen molar-refractivity contribution in [3.63, 3.8) is 0 Å². The van der Waals surface area contributed by atoms with E-state index in [9.17, 15) is 5.11 Å². The summed E-state index contributed by atoms with van der Waals surface area (Å²) >= 11 is 0. The zero-order valence-corrected chi connectivity index (χ0v) is 8.34. The number of hydrogen-bond acceptors (Lipinski definition) is 2. The van der Waals surface area contributed by atoms with Crippen LogP contribution in [0, 0.1) is 0 Å². The summed E-state index contributed by atoms with van der Waals surface area (Å²) in [6.07, 6.45) is 3.88. The molecule has 0 unspecified atom stereocenters. The first kappa shape index (κ1) is 11.7. The van der Waals surface area contributed by atoms with Crippen LogP contribution in [0.4, 0.5) is 0 Å². The molecule has 0 fully saturated rings. The lowest BCUT2D eigenvalue weighted by molar-refractivity contribution is -0.0951. The van der Waals surface area contributed by atoms with Crippen molar-refractivity contribution in [2.24, 2.45) is 0 Å². The number of allylic oxidation sites excluding steroid dienone is 1. The van der Waals surface area contributed by atoms with Crippen LogP contribution in [0.15, 0.2) is 12.7 Å². The van der Waals surface area contributed by atoms with Gasteiger partial charge in [0.1, 0.15) is 0 Å². The molecule has 0 bridgehead atoms. The van der Waals surface area contributed by atoms with Gasteiger partial charge in [-0.25, -0.2) is 0 Å². The molecule has 0 heterocycles. The van der Waals surface area contributed by atoms with E-state index in [1.807, 2.05) is 19.9 Å². The van der Waals surface area contributed by atoms with Gasteiger partial charge in [-0.2, -0.15) is 0 Å². The van der Waals surface area contributed by atoms with Gasteiger partial charge in [0.15, 0.2) is 0 Å². The molecule has 0 aliphatic heterocycles. The fraction of sp³-hybridized carbons (Fsp3) is 0.800. The lowest BCUT2D eigenvalue weighted by Crippen LogP contribution is -2.40. The van der Waals surface area contributed by atoms with E-state index in [0.717, 1.165) is 19.3 Å². The maximum atomic E-state index is 9.64. The SMILES string of the molecule is C=CCC[C@@](C)(OC)[C@H](O)CC. The van der Waals surface area contributed by atoms with Crippen molar-refractivity contribution in [3.8, 4) is 0 Å². The van der Waals surface area contributed by atoms with Crippen LogP contribution in [0.5, 0.6) is 0 Å². The van der Waals surface area contributed by atoms with E-state index in [0.29, 0.717) is 0 Å². The van der Waals surface area contributed by atoms with Crippen molar-refractivity contribution in [1.82, 2.24) is 0 Å². The highest BCUT2D eigenvalue weighted by Crippen LogP contribution is 2.23. The van der Waals surface area contributed by atoms with Crippen LogP contribution in [0.2, 0.25) is 0 Å². The van der Waals surface area contributed by atoms with E-state index in [-0.39, 0.29) is 6.10 Å². The lowest BCUT2D eigenvalue weighted by Gasteiger charge is -2.32. The van der Waals surface area contributed by atoms with Gasteiger partial charge >= 0.3 is 0 Å². The summed E-state index contributed by atoms with van der Waals surface area (Å²) in [5, 5.41) is 9.64. The molecule has 2 atom stereocenters. The molecule has 0 saturated heterocycles. The molecule has 0 saturated carbocycles. The van der Waals surface area contributed by atoms with Crippen LogP contribution in [0.1, 0.15) is 33.1 Å². The standard InChI is InChI=1S/C10H20O2/c1-5-7-8-10(3,12-4)9(11)6-2/h5,9,11H,1,6-8H2,2-4H3/t9-,10-/m1/s1. The van der Waals surface area contributed by atoms with Gasteiger partial charge in [0.2, 0.25) is 0 Å². The van der Waals surface area contributed by atoms with Gasteiger partial charge < -0.3 is 9.84 Å². The summed E-state index contributed by atoms with van der Waals surface area (Å²) in [5.41, 5.74) is -0.414. The Bertz CT molecular complexity index is 134. The van der Waals surface area contributed by atoms with Crippen molar-refractivity contribution in [1.29, 1.82) is 0 Å². The fourth-order valence-corrected chi connectivity index (χ4v) is 1.23. The summed E-state index contributed by atoms with van der Waals surface area (Å²) in [5.74, 6) is 0. The minimum atomic E-state index is -0.414. The van der Waals surface area contributed by atoms with Crippen molar-refractivity contribution in [2.75, 3.05) is 7.11 Å². The zero-order chi connectivity index (χ0) is 9.61. The Balaban J connectivity index is 4.11. The Kier molecular flexibility index (Phi) is 5.18. The van der Waals surface area contributed by atoms with E-state index in [1.54, 1.807) is 7.11 Å². The molecule has 0 rings (SSSR count). The Hall–Kier alpha value is -0.340. The molecule has 0 aromatic heterocycles. The molecular formula is C10H20O2. The minimum absolute atomic E-state index is 0.387. The summed E-state index contributed by atoms with van der Waals surface area (Å²) in [6, 6.07) is 0. The second-order valence-electron chi connectivity index (χ2n) is 3.27. The highest BCUT2D eigenvalue weighted by atomic mass is 16.5. The molecule has 1 N–H and O–H groups in total. The summed E-state index contributed by atoms with van der Waals surface area (Å²) in [6.45, 7) is 7.54. The Morgan fingerprint density at radius 1 is 1.67 bits per heavy atom. The number of methoxy groups -OCH3 is 1. The molecular weight excluding hydrogens is 152 g/mol. The maximum absolute atomic E-state index is 9.64. The van der Waals surface area contributed by atoms with Gasteiger partial charge in [0.25, 0.3) is 0 Å². The number of hydrogen-bond donors (Lipinski definition) is 1. The smallest absolute Gasteiger partial charge is 0.0911 e. The predicted molar refractivity (Wildman–Crippen MR) is 51.1 cm³/mol. The number of rotatable bonds is 6. The average molecular weight is 172 g/mol. The third-order valence-electron chi connectivity index (χ3n) is 2.40. The van der Waals surface area contributed by atoms with E-state index in [2.05, 4.69) is 6.58 Å². The first-order valence-electron chi connectivity index (χ1n) is 4.44.